The van der Waals surface area contributed by atoms with Crippen molar-refractivity contribution in [2.24, 2.45) is 10.8 Å². The summed E-state index contributed by atoms with van der Waals surface area (Å²) in [5.41, 5.74) is 7.00. The van der Waals surface area contributed by atoms with Gasteiger partial charge in [-0.15, -0.1) is 0 Å². The van der Waals surface area contributed by atoms with E-state index < -0.39 is 42.5 Å². The van der Waals surface area contributed by atoms with Crippen molar-refractivity contribution in [3.8, 4) is 5.75 Å². The molecule has 1 aromatic rings. The second kappa shape index (κ2) is 13.0. The van der Waals surface area contributed by atoms with Gasteiger partial charge >= 0.3 is 0 Å². The Balaban J connectivity index is 0.00000324. The third-order valence-corrected chi connectivity index (χ3v) is 6.90. The number of carbonyl (C=O) groups excluding carboxylic acids is 1. The molecular formula is C25H36N2O7VY-2. The van der Waals surface area contributed by atoms with Gasteiger partial charge in [0.15, 0.2) is 0 Å². The van der Waals surface area contributed by atoms with Gasteiger partial charge in [0.05, 0.1) is 11.7 Å². The number of carbonyl (C=O) groups is 1. The number of nitrogens with one attached hydrogen (secondary N) is 1. The van der Waals surface area contributed by atoms with Gasteiger partial charge in [-0.1, -0.05) is 33.8 Å². The van der Waals surface area contributed by atoms with Crippen LogP contribution >= 0.6 is 0 Å². The maximum atomic E-state index is 12.7. The predicted octanol–water partition coefficient (Wildman–Crippen LogP) is 1.42. The standard InChI is InChI=1S/C25H36N2O7.V.Y/c1-13(23(31)27-17-18(28)20(30)22-21(19(17)29)33-12-34-22)9-14-7-8-16(15(26)10-14)32-11-25(5,6)24(2,3)4;;/h7-11,17-22,28-30H,2,12,26H2,1,3-6H3,(H,27,31);;/q-2;;/b13-9+;;/t17?,18-,19+,20+,21-,22+;;/m0../s1. The first-order valence-electron chi connectivity index (χ1n) is 11.3. The van der Waals surface area contributed by atoms with Crippen LogP contribution in [0.5, 0.6) is 5.75 Å². The minimum absolute atomic E-state index is 0. The summed E-state index contributed by atoms with van der Waals surface area (Å²) >= 11 is 0. The molecule has 1 saturated heterocycles. The maximum absolute atomic E-state index is 12.7. The zero-order valence-electron chi connectivity index (χ0n) is 21.3. The Bertz CT molecular complexity index is 937. The second-order valence-corrected chi connectivity index (χ2v) is 10.3. The molecule has 1 saturated carbocycles. The number of hydrogen-bond acceptors (Lipinski definition) is 8. The van der Waals surface area contributed by atoms with Crippen LogP contribution in [0.4, 0.5) is 5.69 Å². The summed E-state index contributed by atoms with van der Waals surface area (Å²) in [5.74, 6) is -0.0216. The van der Waals surface area contributed by atoms with E-state index in [0.29, 0.717) is 22.6 Å². The van der Waals surface area contributed by atoms with Gasteiger partial charge in [0, 0.05) is 56.8 Å². The van der Waals surface area contributed by atoms with Crippen LogP contribution in [-0.4, -0.2) is 64.6 Å². The largest absolute Gasteiger partial charge is 0.661 e. The van der Waals surface area contributed by atoms with Crippen molar-refractivity contribution in [3.63, 3.8) is 0 Å². The Hall–Kier alpha value is -0.482. The molecule has 1 aliphatic heterocycles. The fourth-order valence-corrected chi connectivity index (χ4v) is 3.67. The number of nitrogen functional groups attached to an aromatic ring is 1. The molecule has 198 valence electrons. The van der Waals surface area contributed by atoms with E-state index >= 15 is 0 Å². The number of ether oxygens (including phenoxy) is 3. The second-order valence-electron chi connectivity index (χ2n) is 10.3. The van der Waals surface area contributed by atoms with Crippen molar-refractivity contribution >= 4 is 17.7 Å². The van der Waals surface area contributed by atoms with Gasteiger partial charge in [0.25, 0.3) is 0 Å². The van der Waals surface area contributed by atoms with Gasteiger partial charge in [-0.3, -0.25) is 4.79 Å². The molecule has 1 amide bonds. The van der Waals surface area contributed by atoms with Crippen LogP contribution in [0.1, 0.15) is 40.2 Å². The summed E-state index contributed by atoms with van der Waals surface area (Å²) in [5, 5.41) is 33.8. The molecule has 36 heavy (non-hydrogen) atoms. The van der Waals surface area contributed by atoms with Crippen LogP contribution in [0, 0.1) is 24.4 Å². The van der Waals surface area contributed by atoms with Crippen molar-refractivity contribution in [1.29, 1.82) is 0 Å². The molecule has 3 rings (SSSR count). The summed E-state index contributed by atoms with van der Waals surface area (Å²) in [6.07, 6.45) is -4.01. The van der Waals surface area contributed by atoms with Gasteiger partial charge in [-0.25, -0.2) is 0 Å². The van der Waals surface area contributed by atoms with Crippen LogP contribution in [0.3, 0.4) is 0 Å². The van der Waals surface area contributed by atoms with Crippen LogP contribution in [0.2, 0.25) is 0 Å². The Morgan fingerprint density at radius 3 is 2.31 bits per heavy atom. The molecule has 9 nitrogen and oxygen atoms in total. The summed E-state index contributed by atoms with van der Waals surface area (Å²) in [6, 6.07) is 4.05. The molecule has 2 fully saturated rings. The molecule has 2 radical (unpaired) electrons. The summed E-state index contributed by atoms with van der Waals surface area (Å²) in [7, 11) is 0. The first-order chi connectivity index (χ1) is 15.7. The third kappa shape index (κ3) is 7.33. The van der Waals surface area contributed by atoms with Gasteiger partial charge < -0.3 is 47.5 Å². The molecule has 6 atom stereocenters. The number of hydrogen-bond donors (Lipinski definition) is 5. The summed E-state index contributed by atoms with van der Waals surface area (Å²) < 4.78 is 16.3. The molecule has 0 spiro atoms. The molecule has 1 aliphatic carbocycles. The smallest absolute Gasteiger partial charge is 0.247 e. The van der Waals surface area contributed by atoms with Gasteiger partial charge in [-0.2, -0.15) is 17.4 Å². The zero-order chi connectivity index (χ0) is 25.4. The fourth-order valence-electron chi connectivity index (χ4n) is 3.67. The monoisotopic (exact) mass is 616 g/mol. The van der Waals surface area contributed by atoms with Crippen molar-refractivity contribution in [3.05, 3.63) is 42.9 Å². The first-order valence-corrected chi connectivity index (χ1v) is 11.3. The van der Waals surface area contributed by atoms with E-state index in [1.807, 2.05) is 27.7 Å². The maximum Gasteiger partial charge on any atom is 0.247 e. The number of fused-ring (bicyclic) bond motifs is 1. The van der Waals surface area contributed by atoms with Crippen LogP contribution in [0.25, 0.3) is 6.08 Å². The van der Waals surface area contributed by atoms with Crippen molar-refractivity contribution in [2.45, 2.75) is 71.2 Å². The number of aliphatic hydroxyl groups excluding tert-OH is 3. The van der Waals surface area contributed by atoms with Gasteiger partial charge in [-0.05, 0) is 30.7 Å². The SMILES string of the molecule is [CH2-]C(C)(C)C(C)(C)[CH-]Oc1ccc(/C=C(\C)C(=O)NC2[C@@H](O)[C@@H]3OCO[C@@H]3[C@H](O)[C@H]2O)cc1N.[V].[Y]. The topological polar surface area (TPSA) is 144 Å². The molecule has 0 bridgehead atoms. The summed E-state index contributed by atoms with van der Waals surface area (Å²) in [4.78, 5) is 12.7. The normalized spacial score (nSPS) is 28.4. The van der Waals surface area contributed by atoms with Crippen LogP contribution in [-0.2, 0) is 65.5 Å². The van der Waals surface area contributed by atoms with Crippen LogP contribution < -0.4 is 15.8 Å². The number of amides is 1. The molecular weight excluding hydrogens is 580 g/mol. The van der Waals surface area contributed by atoms with Gasteiger partial charge in [0.2, 0.25) is 5.91 Å². The van der Waals surface area contributed by atoms with E-state index in [1.165, 1.54) is 0 Å². The Kier molecular flexibility index (Phi) is 12.2. The average Bonchev–Trinajstić information content (AvgIpc) is 3.24. The van der Waals surface area contributed by atoms with E-state index in [1.54, 1.807) is 37.8 Å². The molecule has 11 heteroatoms. The van der Waals surface area contributed by atoms with E-state index in [9.17, 15) is 20.1 Å². The van der Waals surface area contributed by atoms with Crippen molar-refractivity contribution in [1.82, 2.24) is 5.32 Å². The van der Waals surface area contributed by atoms with E-state index in [2.05, 4.69) is 12.2 Å². The van der Waals surface area contributed by atoms with Crippen LogP contribution in [0.15, 0.2) is 23.8 Å². The number of benzene rings is 1. The van der Waals surface area contributed by atoms with Crippen molar-refractivity contribution < 1.29 is 85.6 Å². The van der Waals surface area contributed by atoms with E-state index in [0.717, 1.165) is 0 Å². The molecule has 6 N–H and O–H groups in total. The zero-order valence-corrected chi connectivity index (χ0v) is 25.6. The van der Waals surface area contributed by atoms with E-state index in [-0.39, 0.29) is 68.9 Å². The van der Waals surface area contributed by atoms with E-state index in [4.69, 9.17) is 19.9 Å². The Labute approximate surface area is 250 Å². The Morgan fingerprint density at radius 1 is 1.17 bits per heavy atom. The Morgan fingerprint density at radius 2 is 1.75 bits per heavy atom. The fraction of sp³-hybridized carbons (Fsp3) is 0.560. The third-order valence-electron chi connectivity index (χ3n) is 6.90. The quantitative estimate of drug-likeness (QED) is 0.176. The minimum atomic E-state index is -1.41. The van der Waals surface area contributed by atoms with Crippen molar-refractivity contribution in [2.75, 3.05) is 12.5 Å². The molecule has 1 heterocycles. The first kappa shape index (κ1) is 33.5. The molecule has 1 aromatic carbocycles. The minimum Gasteiger partial charge on any atom is -0.661 e. The van der Waals surface area contributed by atoms with Gasteiger partial charge in [0.1, 0.15) is 43.1 Å². The number of anilines is 1. The molecule has 1 unspecified atom stereocenters. The number of nitrogens with two attached hydrogens (primary N) is 1. The number of aliphatic hydroxyl groups is 3. The summed E-state index contributed by atoms with van der Waals surface area (Å²) in [6.45, 7) is 15.5. The number of rotatable bonds is 7. The molecule has 0 aromatic heterocycles. The average molecular weight is 616 g/mol. The predicted molar refractivity (Wildman–Crippen MR) is 127 cm³/mol. The molecule has 2 aliphatic rings.